The number of rotatable bonds is 2. The highest BCUT2D eigenvalue weighted by atomic mass is 32.1. The van der Waals surface area contributed by atoms with Gasteiger partial charge >= 0.3 is 5.97 Å². The molecule has 6 heteroatoms. The summed E-state index contributed by atoms with van der Waals surface area (Å²) in [5, 5.41) is 18.9. The molecular formula is C13H12N2O3S. The molecule has 19 heavy (non-hydrogen) atoms. The molecule has 2 aromatic rings. The Morgan fingerprint density at radius 2 is 2.21 bits per heavy atom. The SMILES string of the molecule is CC1C[C@@H](O)c2ncnc(-c3ccc(C(=O)O)s3)c21. The van der Waals surface area contributed by atoms with Gasteiger partial charge in [-0.2, -0.15) is 0 Å². The first-order chi connectivity index (χ1) is 9.08. The Hall–Kier alpha value is -1.79. The van der Waals surface area contributed by atoms with E-state index in [4.69, 9.17) is 5.11 Å². The molecule has 0 radical (unpaired) electrons. The molecule has 2 atom stereocenters. The molecule has 0 amide bonds. The van der Waals surface area contributed by atoms with E-state index in [1.165, 1.54) is 17.7 Å². The number of aliphatic hydroxyl groups excluding tert-OH is 1. The molecule has 3 rings (SSSR count). The van der Waals surface area contributed by atoms with Gasteiger partial charge in [0.2, 0.25) is 0 Å². The summed E-state index contributed by atoms with van der Waals surface area (Å²) in [4.78, 5) is 20.4. The van der Waals surface area contributed by atoms with Crippen LogP contribution in [0, 0.1) is 0 Å². The summed E-state index contributed by atoms with van der Waals surface area (Å²) in [6.45, 7) is 2.02. The van der Waals surface area contributed by atoms with Crippen LogP contribution in [0.1, 0.15) is 46.3 Å². The van der Waals surface area contributed by atoms with Crippen molar-refractivity contribution >= 4 is 17.3 Å². The van der Waals surface area contributed by atoms with Gasteiger partial charge in [0.15, 0.2) is 0 Å². The molecule has 0 aliphatic heterocycles. The number of thiophene rings is 1. The number of nitrogens with zero attached hydrogens (tertiary/aromatic N) is 2. The van der Waals surface area contributed by atoms with Crippen LogP contribution < -0.4 is 0 Å². The first-order valence-corrected chi connectivity index (χ1v) is 6.76. The predicted molar refractivity (Wildman–Crippen MR) is 70.3 cm³/mol. The number of aliphatic hydroxyl groups is 1. The van der Waals surface area contributed by atoms with Crippen LogP contribution in [0.25, 0.3) is 10.6 Å². The summed E-state index contributed by atoms with van der Waals surface area (Å²) in [7, 11) is 0. The van der Waals surface area contributed by atoms with Crippen molar-refractivity contribution in [3.63, 3.8) is 0 Å². The second-order valence-electron chi connectivity index (χ2n) is 4.64. The van der Waals surface area contributed by atoms with Gasteiger partial charge in [-0.15, -0.1) is 11.3 Å². The molecule has 0 saturated carbocycles. The minimum atomic E-state index is -0.935. The van der Waals surface area contributed by atoms with Crippen LogP contribution in [0.3, 0.4) is 0 Å². The van der Waals surface area contributed by atoms with Crippen molar-refractivity contribution in [1.82, 2.24) is 9.97 Å². The van der Waals surface area contributed by atoms with E-state index in [-0.39, 0.29) is 10.8 Å². The molecule has 0 bridgehead atoms. The Morgan fingerprint density at radius 1 is 1.42 bits per heavy atom. The number of carbonyl (C=O) groups is 1. The summed E-state index contributed by atoms with van der Waals surface area (Å²) in [6, 6.07) is 3.33. The zero-order valence-corrected chi connectivity index (χ0v) is 11.0. The van der Waals surface area contributed by atoms with Crippen LogP contribution in [-0.4, -0.2) is 26.2 Å². The van der Waals surface area contributed by atoms with Gasteiger partial charge in [0.1, 0.15) is 11.2 Å². The predicted octanol–water partition coefficient (Wildman–Crippen LogP) is 2.44. The molecule has 2 aromatic heterocycles. The van der Waals surface area contributed by atoms with Gasteiger partial charge in [-0.05, 0) is 24.5 Å². The molecular weight excluding hydrogens is 264 g/mol. The highest BCUT2D eigenvalue weighted by Gasteiger charge is 2.31. The first-order valence-electron chi connectivity index (χ1n) is 5.94. The number of carboxylic acids is 1. The van der Waals surface area contributed by atoms with Crippen LogP contribution in [0.2, 0.25) is 0 Å². The van der Waals surface area contributed by atoms with E-state index < -0.39 is 12.1 Å². The van der Waals surface area contributed by atoms with Gasteiger partial charge in [-0.1, -0.05) is 6.92 Å². The van der Waals surface area contributed by atoms with E-state index >= 15 is 0 Å². The third kappa shape index (κ3) is 1.93. The lowest BCUT2D eigenvalue weighted by Gasteiger charge is -2.08. The lowest BCUT2D eigenvalue weighted by molar-refractivity contribution is 0.0702. The molecule has 2 N–H and O–H groups in total. The summed E-state index contributed by atoms with van der Waals surface area (Å²) in [6.07, 6.45) is 1.51. The number of aromatic nitrogens is 2. The van der Waals surface area contributed by atoms with Crippen molar-refractivity contribution in [2.75, 3.05) is 0 Å². The van der Waals surface area contributed by atoms with Crippen molar-refractivity contribution < 1.29 is 15.0 Å². The Balaban J connectivity index is 2.13. The van der Waals surface area contributed by atoms with E-state index in [1.807, 2.05) is 6.92 Å². The van der Waals surface area contributed by atoms with Gasteiger partial charge < -0.3 is 10.2 Å². The lowest BCUT2D eigenvalue weighted by Crippen LogP contribution is -1.98. The van der Waals surface area contributed by atoms with Gasteiger partial charge in [-0.25, -0.2) is 14.8 Å². The molecule has 1 aliphatic carbocycles. The van der Waals surface area contributed by atoms with Crippen molar-refractivity contribution in [3.8, 4) is 10.6 Å². The zero-order chi connectivity index (χ0) is 13.6. The topological polar surface area (TPSA) is 83.3 Å². The highest BCUT2D eigenvalue weighted by Crippen LogP contribution is 2.43. The number of hydrogen-bond donors (Lipinski definition) is 2. The summed E-state index contributed by atoms with van der Waals surface area (Å²) >= 11 is 1.19. The lowest BCUT2D eigenvalue weighted by atomic mass is 10.0. The van der Waals surface area contributed by atoms with Gasteiger partial charge in [-0.3, -0.25) is 0 Å². The smallest absolute Gasteiger partial charge is 0.345 e. The van der Waals surface area contributed by atoms with E-state index in [0.717, 1.165) is 16.1 Å². The largest absolute Gasteiger partial charge is 0.477 e. The van der Waals surface area contributed by atoms with Crippen molar-refractivity contribution in [3.05, 3.63) is 34.6 Å². The molecule has 98 valence electrons. The second kappa shape index (κ2) is 4.40. The molecule has 0 spiro atoms. The van der Waals surface area contributed by atoms with Crippen molar-refractivity contribution in [2.24, 2.45) is 0 Å². The zero-order valence-electron chi connectivity index (χ0n) is 10.2. The Kier molecular flexibility index (Phi) is 2.83. The normalized spacial score (nSPS) is 21.4. The number of aromatic carboxylic acids is 1. The average molecular weight is 276 g/mol. The summed E-state index contributed by atoms with van der Waals surface area (Å²) in [5.74, 6) is -0.758. The number of fused-ring (bicyclic) bond motifs is 1. The molecule has 1 unspecified atom stereocenters. The highest BCUT2D eigenvalue weighted by molar-refractivity contribution is 7.17. The fourth-order valence-electron chi connectivity index (χ4n) is 2.50. The molecule has 0 saturated heterocycles. The van der Waals surface area contributed by atoms with Crippen LogP contribution in [0.15, 0.2) is 18.5 Å². The fraction of sp³-hybridized carbons (Fsp3) is 0.308. The van der Waals surface area contributed by atoms with E-state index in [1.54, 1.807) is 12.1 Å². The molecule has 5 nitrogen and oxygen atoms in total. The van der Waals surface area contributed by atoms with Crippen LogP contribution in [0.5, 0.6) is 0 Å². The van der Waals surface area contributed by atoms with Crippen molar-refractivity contribution in [1.29, 1.82) is 0 Å². The Bertz CT molecular complexity index is 653. The maximum atomic E-state index is 10.9. The third-order valence-electron chi connectivity index (χ3n) is 3.35. The van der Waals surface area contributed by atoms with Gasteiger partial charge in [0.25, 0.3) is 0 Å². The van der Waals surface area contributed by atoms with Crippen LogP contribution in [0.4, 0.5) is 0 Å². The van der Waals surface area contributed by atoms with E-state index in [9.17, 15) is 9.90 Å². The summed E-state index contributed by atoms with van der Waals surface area (Å²) in [5.41, 5.74) is 2.35. The van der Waals surface area contributed by atoms with E-state index in [2.05, 4.69) is 9.97 Å². The average Bonchev–Trinajstić information content (AvgIpc) is 2.96. The number of carboxylic acid groups (broad SMARTS) is 1. The van der Waals surface area contributed by atoms with Gasteiger partial charge in [0.05, 0.1) is 22.4 Å². The minimum Gasteiger partial charge on any atom is -0.477 e. The monoisotopic (exact) mass is 276 g/mol. The van der Waals surface area contributed by atoms with Gasteiger partial charge in [0, 0.05) is 5.56 Å². The molecule has 1 aliphatic rings. The molecule has 0 fully saturated rings. The molecule has 0 aromatic carbocycles. The minimum absolute atomic E-state index is 0.177. The van der Waals surface area contributed by atoms with Crippen LogP contribution in [-0.2, 0) is 0 Å². The second-order valence-corrected chi connectivity index (χ2v) is 5.73. The Morgan fingerprint density at radius 3 is 2.89 bits per heavy atom. The number of hydrogen-bond acceptors (Lipinski definition) is 5. The molecule has 2 heterocycles. The first kappa shape index (κ1) is 12.3. The summed E-state index contributed by atoms with van der Waals surface area (Å²) < 4.78 is 0. The standard InChI is InChI=1S/C13H12N2O3S/c1-6-4-7(16)11-10(6)12(15-5-14-11)8-2-3-9(19-8)13(17)18/h2-3,5-7,16H,4H2,1H3,(H,17,18)/t6?,7-/m1/s1. The maximum Gasteiger partial charge on any atom is 0.345 e. The maximum absolute atomic E-state index is 10.9. The Labute approximate surface area is 113 Å². The van der Waals surface area contributed by atoms with E-state index in [0.29, 0.717) is 12.1 Å². The van der Waals surface area contributed by atoms with Crippen molar-refractivity contribution in [2.45, 2.75) is 25.4 Å². The quantitative estimate of drug-likeness (QED) is 0.880. The third-order valence-corrected chi connectivity index (χ3v) is 4.43. The fourth-order valence-corrected chi connectivity index (χ4v) is 3.36. The van der Waals surface area contributed by atoms with Crippen LogP contribution >= 0.6 is 11.3 Å².